The molecule has 1 rings (SSSR count). The molecule has 0 aliphatic heterocycles. The summed E-state index contributed by atoms with van der Waals surface area (Å²) in [5, 5.41) is 0. The van der Waals surface area contributed by atoms with E-state index in [-0.39, 0.29) is 5.41 Å². The average Bonchev–Trinajstić information content (AvgIpc) is 2.28. The normalized spacial score (nSPS) is 13.9. The van der Waals surface area contributed by atoms with Gasteiger partial charge in [-0.1, -0.05) is 52.0 Å². The van der Waals surface area contributed by atoms with Gasteiger partial charge < -0.3 is 5.73 Å². The molecule has 0 spiro atoms. The third-order valence-electron chi connectivity index (χ3n) is 3.50. The highest BCUT2D eigenvalue weighted by Crippen LogP contribution is 2.27. The maximum Gasteiger partial charge on any atom is -0.00109 e. The summed E-state index contributed by atoms with van der Waals surface area (Å²) in [6.07, 6.45) is 1.17. The van der Waals surface area contributed by atoms with Gasteiger partial charge in [-0.25, -0.2) is 0 Å². The monoisotopic (exact) mass is 205 g/mol. The van der Waals surface area contributed by atoms with Crippen molar-refractivity contribution >= 4 is 0 Å². The first-order valence-corrected chi connectivity index (χ1v) is 5.81. The van der Waals surface area contributed by atoms with Gasteiger partial charge in [0, 0.05) is 0 Å². The Balaban J connectivity index is 2.90. The van der Waals surface area contributed by atoms with E-state index in [1.165, 1.54) is 17.5 Å². The first kappa shape index (κ1) is 12.3. The number of hydrogen-bond donors (Lipinski definition) is 1. The van der Waals surface area contributed by atoms with Crippen molar-refractivity contribution in [3.05, 3.63) is 35.4 Å². The van der Waals surface area contributed by atoms with Crippen molar-refractivity contribution in [1.29, 1.82) is 0 Å². The van der Waals surface area contributed by atoms with E-state index in [0.717, 1.165) is 6.54 Å². The summed E-state index contributed by atoms with van der Waals surface area (Å²) in [5.41, 5.74) is 8.69. The van der Waals surface area contributed by atoms with Gasteiger partial charge in [0.25, 0.3) is 0 Å². The summed E-state index contributed by atoms with van der Waals surface area (Å²) >= 11 is 0. The fourth-order valence-corrected chi connectivity index (χ4v) is 1.60. The van der Waals surface area contributed by atoms with Gasteiger partial charge in [-0.15, -0.1) is 0 Å². The SMILES string of the molecule is CCC(C)(C)c1ccc(C(C)CN)cc1. The second-order valence-corrected chi connectivity index (χ2v) is 5.00. The van der Waals surface area contributed by atoms with E-state index in [4.69, 9.17) is 5.73 Å². The van der Waals surface area contributed by atoms with Crippen LogP contribution in [0.4, 0.5) is 0 Å². The Hall–Kier alpha value is -0.820. The molecule has 0 aliphatic carbocycles. The standard InChI is InChI=1S/C14H23N/c1-5-14(3,4)13-8-6-12(7-9-13)11(2)10-15/h6-9,11H,5,10,15H2,1-4H3. The molecule has 1 aromatic rings. The summed E-state index contributed by atoms with van der Waals surface area (Å²) < 4.78 is 0. The highest BCUT2D eigenvalue weighted by Gasteiger charge is 2.17. The van der Waals surface area contributed by atoms with Crippen LogP contribution in [0.1, 0.15) is 51.2 Å². The minimum Gasteiger partial charge on any atom is -0.330 e. The van der Waals surface area contributed by atoms with Crippen molar-refractivity contribution in [3.8, 4) is 0 Å². The Kier molecular flexibility index (Phi) is 3.92. The molecule has 1 atom stereocenters. The van der Waals surface area contributed by atoms with Crippen LogP contribution < -0.4 is 5.73 Å². The predicted molar refractivity (Wildman–Crippen MR) is 67.2 cm³/mol. The second kappa shape index (κ2) is 4.80. The Morgan fingerprint density at radius 2 is 1.73 bits per heavy atom. The first-order chi connectivity index (χ1) is 7.01. The van der Waals surface area contributed by atoms with E-state index in [1.54, 1.807) is 0 Å². The summed E-state index contributed by atoms with van der Waals surface area (Å²) in [7, 11) is 0. The molecule has 0 aliphatic rings. The third-order valence-corrected chi connectivity index (χ3v) is 3.50. The second-order valence-electron chi connectivity index (χ2n) is 5.00. The van der Waals surface area contributed by atoms with Crippen LogP contribution >= 0.6 is 0 Å². The number of rotatable bonds is 4. The summed E-state index contributed by atoms with van der Waals surface area (Å²) in [5.74, 6) is 0.462. The quantitative estimate of drug-likeness (QED) is 0.800. The Morgan fingerprint density at radius 3 is 2.13 bits per heavy atom. The molecule has 1 unspecified atom stereocenters. The van der Waals surface area contributed by atoms with E-state index < -0.39 is 0 Å². The average molecular weight is 205 g/mol. The van der Waals surface area contributed by atoms with Gasteiger partial charge in [-0.3, -0.25) is 0 Å². The van der Waals surface area contributed by atoms with Crippen molar-refractivity contribution in [3.63, 3.8) is 0 Å². The number of benzene rings is 1. The molecule has 0 aromatic heterocycles. The molecule has 2 N–H and O–H groups in total. The van der Waals surface area contributed by atoms with Crippen molar-refractivity contribution in [2.45, 2.75) is 45.4 Å². The summed E-state index contributed by atoms with van der Waals surface area (Å²) in [6.45, 7) is 9.69. The van der Waals surface area contributed by atoms with Crippen LogP contribution in [-0.2, 0) is 5.41 Å². The van der Waals surface area contributed by atoms with Crippen molar-refractivity contribution in [2.24, 2.45) is 5.73 Å². The highest BCUT2D eigenvalue weighted by molar-refractivity contribution is 5.29. The van der Waals surface area contributed by atoms with E-state index in [1.807, 2.05) is 0 Å². The van der Waals surface area contributed by atoms with Crippen LogP contribution in [0, 0.1) is 0 Å². The molecule has 0 saturated heterocycles. The lowest BCUT2D eigenvalue weighted by Gasteiger charge is -2.23. The van der Waals surface area contributed by atoms with Crippen molar-refractivity contribution in [1.82, 2.24) is 0 Å². The molecule has 0 heterocycles. The maximum absolute atomic E-state index is 5.65. The minimum absolute atomic E-state index is 0.282. The number of hydrogen-bond acceptors (Lipinski definition) is 1. The van der Waals surface area contributed by atoms with E-state index in [2.05, 4.69) is 52.0 Å². The third kappa shape index (κ3) is 2.82. The van der Waals surface area contributed by atoms with Crippen molar-refractivity contribution < 1.29 is 0 Å². The van der Waals surface area contributed by atoms with E-state index in [9.17, 15) is 0 Å². The fourth-order valence-electron chi connectivity index (χ4n) is 1.60. The molecule has 0 fully saturated rings. The molecule has 1 aromatic carbocycles. The smallest absolute Gasteiger partial charge is 0.00109 e. The van der Waals surface area contributed by atoms with Gasteiger partial charge in [0.1, 0.15) is 0 Å². The van der Waals surface area contributed by atoms with Gasteiger partial charge in [0.15, 0.2) is 0 Å². The van der Waals surface area contributed by atoms with E-state index in [0.29, 0.717) is 5.92 Å². The first-order valence-electron chi connectivity index (χ1n) is 5.81. The predicted octanol–water partition coefficient (Wildman–Crippen LogP) is 3.44. The number of nitrogens with two attached hydrogens (primary N) is 1. The molecular formula is C14H23N. The Labute approximate surface area is 93.7 Å². The molecule has 1 nitrogen and oxygen atoms in total. The van der Waals surface area contributed by atoms with Crippen LogP contribution in [-0.4, -0.2) is 6.54 Å². The highest BCUT2D eigenvalue weighted by atomic mass is 14.5. The zero-order valence-electron chi connectivity index (χ0n) is 10.4. The zero-order chi connectivity index (χ0) is 11.5. The van der Waals surface area contributed by atoms with Crippen LogP contribution in [0.5, 0.6) is 0 Å². The van der Waals surface area contributed by atoms with Gasteiger partial charge in [0.2, 0.25) is 0 Å². The topological polar surface area (TPSA) is 26.0 Å². The van der Waals surface area contributed by atoms with Crippen molar-refractivity contribution in [2.75, 3.05) is 6.54 Å². The summed E-state index contributed by atoms with van der Waals surface area (Å²) in [6, 6.07) is 8.91. The van der Waals surface area contributed by atoms with Crippen LogP contribution in [0.3, 0.4) is 0 Å². The van der Waals surface area contributed by atoms with Crippen LogP contribution in [0.15, 0.2) is 24.3 Å². The molecule has 0 saturated carbocycles. The molecule has 84 valence electrons. The molecule has 0 amide bonds. The van der Waals surface area contributed by atoms with E-state index >= 15 is 0 Å². The van der Waals surface area contributed by atoms with Gasteiger partial charge in [-0.05, 0) is 35.4 Å². The molecule has 15 heavy (non-hydrogen) atoms. The fraction of sp³-hybridized carbons (Fsp3) is 0.571. The van der Waals surface area contributed by atoms with Crippen LogP contribution in [0.2, 0.25) is 0 Å². The zero-order valence-corrected chi connectivity index (χ0v) is 10.4. The largest absolute Gasteiger partial charge is 0.330 e. The lowest BCUT2D eigenvalue weighted by Crippen LogP contribution is -2.15. The molecular weight excluding hydrogens is 182 g/mol. The van der Waals surface area contributed by atoms with Gasteiger partial charge in [-0.2, -0.15) is 0 Å². The molecule has 0 bridgehead atoms. The van der Waals surface area contributed by atoms with Gasteiger partial charge >= 0.3 is 0 Å². The Bertz CT molecular complexity index is 298. The summed E-state index contributed by atoms with van der Waals surface area (Å²) in [4.78, 5) is 0. The van der Waals surface area contributed by atoms with Gasteiger partial charge in [0.05, 0.1) is 0 Å². The lowest BCUT2D eigenvalue weighted by atomic mass is 9.81. The molecule has 1 heteroatoms. The van der Waals surface area contributed by atoms with Crippen LogP contribution in [0.25, 0.3) is 0 Å². The molecule has 0 radical (unpaired) electrons. The minimum atomic E-state index is 0.282. The maximum atomic E-state index is 5.65. The lowest BCUT2D eigenvalue weighted by molar-refractivity contribution is 0.506. The Morgan fingerprint density at radius 1 is 1.20 bits per heavy atom.